The largest absolute Gasteiger partial charge is 0.393 e. The molecule has 0 unspecified atom stereocenters. The van der Waals surface area contributed by atoms with Crippen molar-refractivity contribution in [3.63, 3.8) is 0 Å². The summed E-state index contributed by atoms with van der Waals surface area (Å²) in [6.07, 6.45) is 11.7. The molecule has 4 rings (SSSR count). The van der Waals surface area contributed by atoms with Crippen molar-refractivity contribution >= 4 is 17.7 Å². The summed E-state index contributed by atoms with van der Waals surface area (Å²) in [6, 6.07) is 0.423. The topological polar surface area (TPSA) is 102 Å². The quantitative estimate of drug-likeness (QED) is 0.411. The van der Waals surface area contributed by atoms with Crippen molar-refractivity contribution in [2.45, 2.75) is 89.3 Å². The monoisotopic (exact) mass is 444 g/mol. The Morgan fingerprint density at radius 1 is 1.09 bits per heavy atom. The molecule has 8 heteroatoms. The SMILES string of the molecule is CCCCNc1ncc(C(=O)NC2CCN(CC3CC3)CC2)c(NC2CCC(O)CC2)n1. The number of nitrogens with zero attached hydrogens (tertiary/aromatic N) is 3. The molecule has 32 heavy (non-hydrogen) atoms. The summed E-state index contributed by atoms with van der Waals surface area (Å²) < 4.78 is 0. The fourth-order valence-corrected chi connectivity index (χ4v) is 4.72. The number of likely N-dealkylation sites (tertiary alicyclic amines) is 1. The number of aliphatic hydroxyl groups is 1. The van der Waals surface area contributed by atoms with Crippen molar-refractivity contribution < 1.29 is 9.90 Å². The van der Waals surface area contributed by atoms with Gasteiger partial charge in [0.2, 0.25) is 5.95 Å². The second-order valence-corrected chi connectivity index (χ2v) is 9.88. The molecule has 3 fully saturated rings. The van der Waals surface area contributed by atoms with E-state index in [1.54, 1.807) is 6.20 Å². The van der Waals surface area contributed by atoms with E-state index in [9.17, 15) is 9.90 Å². The molecule has 4 N–H and O–H groups in total. The molecule has 0 aromatic carbocycles. The molecule has 2 saturated carbocycles. The number of anilines is 2. The van der Waals surface area contributed by atoms with Gasteiger partial charge in [0.05, 0.1) is 6.10 Å². The lowest BCUT2D eigenvalue weighted by atomic mass is 9.93. The second kappa shape index (κ2) is 11.3. The zero-order valence-corrected chi connectivity index (χ0v) is 19.5. The first kappa shape index (κ1) is 23.2. The maximum absolute atomic E-state index is 13.2. The van der Waals surface area contributed by atoms with Crippen LogP contribution in [0.3, 0.4) is 0 Å². The number of carbonyl (C=O) groups is 1. The number of aliphatic hydroxyl groups excluding tert-OH is 1. The van der Waals surface area contributed by atoms with Crippen molar-refractivity contribution in [2.75, 3.05) is 36.8 Å². The van der Waals surface area contributed by atoms with Crippen molar-refractivity contribution in [3.05, 3.63) is 11.8 Å². The van der Waals surface area contributed by atoms with Gasteiger partial charge in [-0.3, -0.25) is 4.79 Å². The maximum Gasteiger partial charge on any atom is 0.256 e. The molecule has 178 valence electrons. The van der Waals surface area contributed by atoms with Crippen LogP contribution in [0.25, 0.3) is 0 Å². The van der Waals surface area contributed by atoms with Crippen LogP contribution >= 0.6 is 0 Å². The minimum atomic E-state index is -0.210. The number of aromatic nitrogens is 2. The Hall–Kier alpha value is -1.93. The van der Waals surface area contributed by atoms with Gasteiger partial charge in [-0.2, -0.15) is 4.98 Å². The summed E-state index contributed by atoms with van der Waals surface area (Å²) in [7, 11) is 0. The standard InChI is InChI=1S/C24H40N6O2/c1-2-3-12-25-24-26-15-21(22(29-24)27-18-6-8-20(31)9-7-18)23(32)28-19-10-13-30(14-11-19)16-17-4-5-17/h15,17-20,31H,2-14,16H2,1H3,(H,28,32)(H2,25,26,27,29). The first-order chi connectivity index (χ1) is 15.6. The molecule has 1 amide bonds. The van der Waals surface area contributed by atoms with Gasteiger partial charge in [-0.05, 0) is 63.7 Å². The lowest BCUT2D eigenvalue weighted by molar-refractivity contribution is 0.0909. The lowest BCUT2D eigenvalue weighted by Crippen LogP contribution is -2.45. The Labute approximate surface area is 192 Å². The van der Waals surface area contributed by atoms with Crippen LogP contribution in [0.5, 0.6) is 0 Å². The van der Waals surface area contributed by atoms with E-state index in [1.165, 1.54) is 19.4 Å². The normalized spacial score (nSPS) is 24.8. The molecule has 0 radical (unpaired) electrons. The van der Waals surface area contributed by atoms with Gasteiger partial charge >= 0.3 is 0 Å². The van der Waals surface area contributed by atoms with Crippen LogP contribution in [0.15, 0.2) is 6.20 Å². The predicted octanol–water partition coefficient (Wildman–Crippen LogP) is 3.01. The number of unbranched alkanes of at least 4 members (excludes halogenated alkanes) is 1. The summed E-state index contributed by atoms with van der Waals surface area (Å²) in [5.74, 6) is 1.98. The van der Waals surface area contributed by atoms with Crippen LogP contribution in [0, 0.1) is 5.92 Å². The molecule has 1 aromatic heterocycles. The Kier molecular flexibility index (Phi) is 8.19. The van der Waals surface area contributed by atoms with Crippen LogP contribution < -0.4 is 16.0 Å². The van der Waals surface area contributed by atoms with Gasteiger partial charge in [0, 0.05) is 44.5 Å². The van der Waals surface area contributed by atoms with Gasteiger partial charge in [-0.25, -0.2) is 4.98 Å². The number of hydrogen-bond donors (Lipinski definition) is 4. The molecule has 8 nitrogen and oxygen atoms in total. The summed E-state index contributed by atoms with van der Waals surface area (Å²) in [4.78, 5) is 24.8. The van der Waals surface area contributed by atoms with Crippen molar-refractivity contribution in [1.82, 2.24) is 20.2 Å². The molecule has 0 spiro atoms. The first-order valence-electron chi connectivity index (χ1n) is 12.7. The van der Waals surface area contributed by atoms with E-state index >= 15 is 0 Å². The molecule has 1 saturated heterocycles. The Bertz CT molecular complexity index is 740. The minimum absolute atomic E-state index is 0.0934. The summed E-state index contributed by atoms with van der Waals surface area (Å²) in [6.45, 7) is 6.32. The van der Waals surface area contributed by atoms with E-state index < -0.39 is 0 Å². The van der Waals surface area contributed by atoms with E-state index in [4.69, 9.17) is 0 Å². The van der Waals surface area contributed by atoms with Gasteiger partial charge in [0.15, 0.2) is 0 Å². The Morgan fingerprint density at radius 3 is 2.53 bits per heavy atom. The smallest absolute Gasteiger partial charge is 0.256 e. The third-order valence-corrected chi connectivity index (χ3v) is 7.02. The molecule has 1 aromatic rings. The number of amides is 1. The van der Waals surface area contributed by atoms with Crippen LogP contribution in [-0.4, -0.2) is 70.2 Å². The van der Waals surface area contributed by atoms with Gasteiger partial charge in [-0.1, -0.05) is 13.3 Å². The van der Waals surface area contributed by atoms with Crippen molar-refractivity contribution in [2.24, 2.45) is 5.92 Å². The third-order valence-electron chi connectivity index (χ3n) is 7.02. The highest BCUT2D eigenvalue weighted by Gasteiger charge is 2.28. The Morgan fingerprint density at radius 2 is 1.84 bits per heavy atom. The van der Waals surface area contributed by atoms with E-state index in [2.05, 4.69) is 37.7 Å². The lowest BCUT2D eigenvalue weighted by Gasteiger charge is -2.32. The van der Waals surface area contributed by atoms with Gasteiger partial charge in [0.25, 0.3) is 5.91 Å². The number of nitrogens with one attached hydrogen (secondary N) is 3. The van der Waals surface area contributed by atoms with Gasteiger partial charge in [0.1, 0.15) is 11.4 Å². The number of carbonyl (C=O) groups excluding carboxylic acids is 1. The minimum Gasteiger partial charge on any atom is -0.393 e. The number of piperidine rings is 1. The molecule has 2 heterocycles. The average Bonchev–Trinajstić information content (AvgIpc) is 3.61. The van der Waals surface area contributed by atoms with E-state index in [-0.39, 0.29) is 24.1 Å². The highest BCUT2D eigenvalue weighted by molar-refractivity contribution is 5.98. The second-order valence-electron chi connectivity index (χ2n) is 9.88. The van der Waals surface area contributed by atoms with E-state index in [1.807, 2.05) is 0 Å². The summed E-state index contributed by atoms with van der Waals surface area (Å²) in [5.41, 5.74) is 0.512. The highest BCUT2D eigenvalue weighted by atomic mass is 16.3. The fourth-order valence-electron chi connectivity index (χ4n) is 4.72. The molecular formula is C24H40N6O2. The molecule has 2 aliphatic carbocycles. The van der Waals surface area contributed by atoms with Crippen LogP contribution in [0.1, 0.15) is 81.5 Å². The van der Waals surface area contributed by atoms with Crippen molar-refractivity contribution in [1.29, 1.82) is 0 Å². The Balaban J connectivity index is 1.38. The van der Waals surface area contributed by atoms with Gasteiger partial charge in [-0.15, -0.1) is 0 Å². The zero-order chi connectivity index (χ0) is 22.3. The van der Waals surface area contributed by atoms with E-state index in [0.717, 1.165) is 76.9 Å². The maximum atomic E-state index is 13.2. The number of rotatable bonds is 10. The van der Waals surface area contributed by atoms with Crippen LogP contribution in [0.2, 0.25) is 0 Å². The van der Waals surface area contributed by atoms with Crippen LogP contribution in [0.4, 0.5) is 11.8 Å². The molecular weight excluding hydrogens is 404 g/mol. The molecule has 3 aliphatic rings. The van der Waals surface area contributed by atoms with Crippen molar-refractivity contribution in [3.8, 4) is 0 Å². The average molecular weight is 445 g/mol. The number of hydrogen-bond acceptors (Lipinski definition) is 7. The van der Waals surface area contributed by atoms with Crippen LogP contribution in [-0.2, 0) is 0 Å². The summed E-state index contributed by atoms with van der Waals surface area (Å²) >= 11 is 0. The first-order valence-corrected chi connectivity index (χ1v) is 12.7. The highest BCUT2D eigenvalue weighted by Crippen LogP contribution is 2.30. The van der Waals surface area contributed by atoms with E-state index in [0.29, 0.717) is 17.3 Å². The fraction of sp³-hybridized carbons (Fsp3) is 0.792. The summed E-state index contributed by atoms with van der Waals surface area (Å²) in [5, 5.41) is 19.8. The molecule has 1 aliphatic heterocycles. The third kappa shape index (κ3) is 6.78. The molecule has 0 atom stereocenters. The predicted molar refractivity (Wildman–Crippen MR) is 127 cm³/mol. The molecule has 0 bridgehead atoms. The zero-order valence-electron chi connectivity index (χ0n) is 19.5. The van der Waals surface area contributed by atoms with Gasteiger partial charge < -0.3 is 26.0 Å².